The van der Waals surface area contributed by atoms with E-state index in [0.29, 0.717) is 11.0 Å². The lowest BCUT2D eigenvalue weighted by Gasteiger charge is -2.19. The summed E-state index contributed by atoms with van der Waals surface area (Å²) in [5.74, 6) is 1.78. The predicted octanol–water partition coefficient (Wildman–Crippen LogP) is 2.07. The summed E-state index contributed by atoms with van der Waals surface area (Å²) in [7, 11) is 0. The highest BCUT2D eigenvalue weighted by Crippen LogP contribution is 2.25. The van der Waals surface area contributed by atoms with Gasteiger partial charge in [-0.2, -0.15) is 0 Å². The van der Waals surface area contributed by atoms with Gasteiger partial charge in [0.15, 0.2) is 11.0 Å². The van der Waals surface area contributed by atoms with Crippen LogP contribution in [0, 0.1) is 0 Å². The number of rotatable bonds is 1. The number of aromatic nitrogens is 2. The van der Waals surface area contributed by atoms with Gasteiger partial charge in [0, 0.05) is 25.2 Å². The SMILES string of the molecule is NC1CCc2nc(-c3ccc(Cl)o3)cn2C1. The first-order valence-corrected chi connectivity index (χ1v) is 5.67. The summed E-state index contributed by atoms with van der Waals surface area (Å²) < 4.78 is 7.43. The molecule has 3 heterocycles. The van der Waals surface area contributed by atoms with Crippen molar-refractivity contribution in [3.8, 4) is 11.5 Å². The van der Waals surface area contributed by atoms with E-state index in [2.05, 4.69) is 9.55 Å². The summed E-state index contributed by atoms with van der Waals surface area (Å²) in [6, 6.07) is 3.78. The summed E-state index contributed by atoms with van der Waals surface area (Å²) in [4.78, 5) is 4.52. The van der Waals surface area contributed by atoms with Gasteiger partial charge < -0.3 is 14.7 Å². The zero-order valence-electron chi connectivity index (χ0n) is 8.69. The molecule has 0 aliphatic carbocycles. The topological polar surface area (TPSA) is 57.0 Å². The molecule has 0 aromatic carbocycles. The number of hydrogen-bond donors (Lipinski definition) is 1. The van der Waals surface area contributed by atoms with Crippen LogP contribution in [0.15, 0.2) is 22.7 Å². The second-order valence-corrected chi connectivity index (χ2v) is 4.47. The van der Waals surface area contributed by atoms with Crippen molar-refractivity contribution in [2.75, 3.05) is 0 Å². The monoisotopic (exact) mass is 237 g/mol. The van der Waals surface area contributed by atoms with Gasteiger partial charge in [0.05, 0.1) is 0 Å². The quantitative estimate of drug-likeness (QED) is 0.826. The minimum Gasteiger partial charge on any atom is -0.443 e. The van der Waals surface area contributed by atoms with Crippen LogP contribution in [-0.4, -0.2) is 15.6 Å². The molecule has 1 aliphatic rings. The summed E-state index contributed by atoms with van der Waals surface area (Å²) >= 11 is 5.74. The predicted molar refractivity (Wildman–Crippen MR) is 61.2 cm³/mol. The normalized spacial score (nSPS) is 19.8. The number of halogens is 1. The zero-order chi connectivity index (χ0) is 11.1. The molecule has 0 amide bonds. The molecule has 0 spiro atoms. The molecular weight excluding hydrogens is 226 g/mol. The van der Waals surface area contributed by atoms with E-state index in [9.17, 15) is 0 Å². The molecule has 1 atom stereocenters. The number of nitrogens with zero attached hydrogens (tertiary/aromatic N) is 2. The van der Waals surface area contributed by atoms with Crippen molar-refractivity contribution in [2.45, 2.75) is 25.4 Å². The van der Waals surface area contributed by atoms with Gasteiger partial charge in [0.2, 0.25) is 0 Å². The zero-order valence-corrected chi connectivity index (χ0v) is 9.44. The first-order chi connectivity index (χ1) is 7.72. The van der Waals surface area contributed by atoms with Crippen LogP contribution in [0.1, 0.15) is 12.2 Å². The average molecular weight is 238 g/mol. The van der Waals surface area contributed by atoms with Gasteiger partial charge in [-0.05, 0) is 30.2 Å². The van der Waals surface area contributed by atoms with Gasteiger partial charge in [-0.1, -0.05) is 0 Å². The molecule has 0 fully saturated rings. The maximum atomic E-state index is 5.91. The molecule has 0 saturated heterocycles. The number of nitrogens with two attached hydrogens (primary N) is 1. The third-order valence-corrected chi connectivity index (χ3v) is 3.06. The smallest absolute Gasteiger partial charge is 0.194 e. The fourth-order valence-corrected chi connectivity index (χ4v) is 2.19. The molecule has 0 radical (unpaired) electrons. The van der Waals surface area contributed by atoms with Crippen molar-refractivity contribution in [1.82, 2.24) is 9.55 Å². The van der Waals surface area contributed by atoms with E-state index in [1.54, 1.807) is 6.07 Å². The number of fused-ring (bicyclic) bond motifs is 1. The van der Waals surface area contributed by atoms with Crippen molar-refractivity contribution in [1.29, 1.82) is 0 Å². The summed E-state index contributed by atoms with van der Waals surface area (Å²) in [5, 5.41) is 0.387. The summed E-state index contributed by atoms with van der Waals surface area (Å²) in [6.07, 6.45) is 3.90. The standard InChI is InChI=1S/C11H12ClN3O/c12-10-3-2-9(16-10)8-6-15-5-7(13)1-4-11(15)14-8/h2-3,6-7H,1,4-5,13H2. The van der Waals surface area contributed by atoms with Gasteiger partial charge in [0.1, 0.15) is 11.5 Å². The fourth-order valence-electron chi connectivity index (χ4n) is 2.04. The van der Waals surface area contributed by atoms with Crippen LogP contribution >= 0.6 is 11.6 Å². The minimum atomic E-state index is 0.231. The van der Waals surface area contributed by atoms with E-state index >= 15 is 0 Å². The lowest BCUT2D eigenvalue weighted by molar-refractivity contribution is 0.453. The molecule has 0 bridgehead atoms. The molecule has 5 heteroatoms. The molecule has 2 N–H and O–H groups in total. The van der Waals surface area contributed by atoms with Crippen LogP contribution in [0.2, 0.25) is 5.22 Å². The lowest BCUT2D eigenvalue weighted by Crippen LogP contribution is -2.31. The average Bonchev–Trinajstić information content (AvgIpc) is 2.83. The Bertz CT molecular complexity index is 517. The van der Waals surface area contributed by atoms with E-state index in [4.69, 9.17) is 21.8 Å². The maximum Gasteiger partial charge on any atom is 0.194 e. The van der Waals surface area contributed by atoms with Gasteiger partial charge >= 0.3 is 0 Å². The Kier molecular flexibility index (Phi) is 2.26. The van der Waals surface area contributed by atoms with Crippen LogP contribution in [-0.2, 0) is 13.0 Å². The third-order valence-electron chi connectivity index (χ3n) is 2.85. The van der Waals surface area contributed by atoms with E-state index in [-0.39, 0.29) is 6.04 Å². The highest BCUT2D eigenvalue weighted by atomic mass is 35.5. The number of hydrogen-bond acceptors (Lipinski definition) is 3. The van der Waals surface area contributed by atoms with Crippen LogP contribution in [0.5, 0.6) is 0 Å². The van der Waals surface area contributed by atoms with Gasteiger partial charge in [-0.3, -0.25) is 0 Å². The Balaban J connectivity index is 1.98. The summed E-state index contributed by atoms with van der Waals surface area (Å²) in [6.45, 7) is 0.830. The first kappa shape index (κ1) is 9.93. The van der Waals surface area contributed by atoms with E-state index < -0.39 is 0 Å². The highest BCUT2D eigenvalue weighted by Gasteiger charge is 2.18. The first-order valence-electron chi connectivity index (χ1n) is 5.30. The number of furan rings is 1. The Labute approximate surface area is 98.0 Å². The molecule has 0 saturated carbocycles. The minimum absolute atomic E-state index is 0.231. The van der Waals surface area contributed by atoms with Crippen molar-refractivity contribution >= 4 is 11.6 Å². The Morgan fingerprint density at radius 2 is 2.38 bits per heavy atom. The molecule has 1 unspecified atom stereocenters. The van der Waals surface area contributed by atoms with Crippen LogP contribution in [0.3, 0.4) is 0 Å². The highest BCUT2D eigenvalue weighted by molar-refractivity contribution is 6.28. The second-order valence-electron chi connectivity index (χ2n) is 4.10. The number of imidazole rings is 1. The van der Waals surface area contributed by atoms with E-state index in [0.717, 1.165) is 30.9 Å². The molecule has 2 aromatic rings. The van der Waals surface area contributed by atoms with Gasteiger partial charge in [-0.15, -0.1) is 0 Å². The third kappa shape index (κ3) is 1.64. The maximum absolute atomic E-state index is 5.91. The fraction of sp³-hybridized carbons (Fsp3) is 0.364. The molecular formula is C11H12ClN3O. The molecule has 3 rings (SSSR count). The van der Waals surface area contributed by atoms with Gasteiger partial charge in [0.25, 0.3) is 0 Å². The van der Waals surface area contributed by atoms with Crippen LogP contribution in [0.25, 0.3) is 11.5 Å². The van der Waals surface area contributed by atoms with Crippen LogP contribution in [0.4, 0.5) is 0 Å². The van der Waals surface area contributed by atoms with Crippen LogP contribution < -0.4 is 5.73 Å². The molecule has 1 aliphatic heterocycles. The van der Waals surface area contributed by atoms with E-state index in [1.807, 2.05) is 12.3 Å². The molecule has 4 nitrogen and oxygen atoms in total. The van der Waals surface area contributed by atoms with Crippen molar-refractivity contribution in [3.05, 3.63) is 29.4 Å². The second kappa shape index (κ2) is 3.64. The molecule has 16 heavy (non-hydrogen) atoms. The largest absolute Gasteiger partial charge is 0.443 e. The van der Waals surface area contributed by atoms with E-state index in [1.165, 1.54) is 0 Å². The van der Waals surface area contributed by atoms with Crippen molar-refractivity contribution in [3.63, 3.8) is 0 Å². The lowest BCUT2D eigenvalue weighted by atomic mass is 10.1. The Morgan fingerprint density at radius 1 is 1.50 bits per heavy atom. The van der Waals surface area contributed by atoms with Crippen molar-refractivity contribution < 1.29 is 4.42 Å². The van der Waals surface area contributed by atoms with Crippen molar-refractivity contribution in [2.24, 2.45) is 5.73 Å². The molecule has 84 valence electrons. The Hall–Kier alpha value is -1.26. The molecule has 2 aromatic heterocycles. The Morgan fingerprint density at radius 3 is 3.12 bits per heavy atom. The van der Waals surface area contributed by atoms with Gasteiger partial charge in [-0.25, -0.2) is 4.98 Å². The summed E-state index contributed by atoms with van der Waals surface area (Å²) in [5.41, 5.74) is 6.74. The number of aryl methyl sites for hydroxylation is 1.